The number of phenols is 1. The van der Waals surface area contributed by atoms with Crippen molar-refractivity contribution in [3.8, 4) is 11.8 Å². The van der Waals surface area contributed by atoms with E-state index in [9.17, 15) is 20.0 Å². The number of nitriles is 1. The van der Waals surface area contributed by atoms with E-state index in [1.54, 1.807) is 0 Å². The van der Waals surface area contributed by atoms with Crippen LogP contribution in [-0.4, -0.2) is 28.6 Å². The number of rotatable bonds is 4. The zero-order valence-corrected chi connectivity index (χ0v) is 14.1. The van der Waals surface area contributed by atoms with Gasteiger partial charge in [0.05, 0.1) is 6.07 Å². The molecule has 2 rings (SSSR count). The Morgan fingerprint density at radius 3 is 2.67 bits per heavy atom. The molecular formula is C17H19ClN2O4. The maximum Gasteiger partial charge on any atom is 0.342 e. The molecule has 0 heterocycles. The molecule has 7 heteroatoms. The highest BCUT2D eigenvalue weighted by Gasteiger charge is 2.35. The number of benzene rings is 1. The van der Waals surface area contributed by atoms with Crippen molar-refractivity contribution in [3.63, 3.8) is 0 Å². The summed E-state index contributed by atoms with van der Waals surface area (Å²) in [5, 5.41) is 22.0. The Morgan fingerprint density at radius 2 is 2.04 bits per heavy atom. The van der Waals surface area contributed by atoms with Crippen molar-refractivity contribution in [1.29, 1.82) is 5.26 Å². The summed E-state index contributed by atoms with van der Waals surface area (Å²) in [7, 11) is 0. The highest BCUT2D eigenvalue weighted by atomic mass is 35.5. The Bertz CT molecular complexity index is 678. The molecule has 1 aromatic rings. The van der Waals surface area contributed by atoms with Crippen molar-refractivity contribution in [3.05, 3.63) is 28.8 Å². The molecule has 1 fully saturated rings. The third kappa shape index (κ3) is 4.18. The van der Waals surface area contributed by atoms with E-state index < -0.39 is 23.5 Å². The SMILES string of the molecule is C[C@@H](OC(=O)c1cc(Cl)ccc1O)C(=O)NC1(C#N)CCCCC1. The van der Waals surface area contributed by atoms with E-state index in [-0.39, 0.29) is 16.3 Å². The van der Waals surface area contributed by atoms with Crippen LogP contribution in [0.5, 0.6) is 5.75 Å². The van der Waals surface area contributed by atoms with E-state index in [4.69, 9.17) is 16.3 Å². The van der Waals surface area contributed by atoms with Gasteiger partial charge in [-0.25, -0.2) is 4.79 Å². The number of aromatic hydroxyl groups is 1. The molecule has 1 aliphatic carbocycles. The summed E-state index contributed by atoms with van der Waals surface area (Å²) in [6.45, 7) is 1.42. The van der Waals surface area contributed by atoms with Gasteiger partial charge in [-0.2, -0.15) is 5.26 Å². The van der Waals surface area contributed by atoms with Crippen LogP contribution in [0, 0.1) is 11.3 Å². The van der Waals surface area contributed by atoms with E-state index in [0.29, 0.717) is 12.8 Å². The van der Waals surface area contributed by atoms with Gasteiger partial charge in [0.1, 0.15) is 16.9 Å². The van der Waals surface area contributed by atoms with Crippen molar-refractivity contribution >= 4 is 23.5 Å². The third-order valence-electron chi connectivity index (χ3n) is 4.12. The molecule has 1 aromatic carbocycles. The fourth-order valence-corrected chi connectivity index (χ4v) is 2.88. The summed E-state index contributed by atoms with van der Waals surface area (Å²) in [6, 6.07) is 6.15. The quantitative estimate of drug-likeness (QED) is 0.813. The molecule has 0 bridgehead atoms. The zero-order valence-electron chi connectivity index (χ0n) is 13.3. The summed E-state index contributed by atoms with van der Waals surface area (Å²) in [4.78, 5) is 24.4. The molecule has 2 N–H and O–H groups in total. The number of nitrogens with one attached hydrogen (secondary N) is 1. The van der Waals surface area contributed by atoms with Gasteiger partial charge in [0.2, 0.25) is 0 Å². The van der Waals surface area contributed by atoms with Gasteiger partial charge in [0.15, 0.2) is 6.10 Å². The molecule has 1 saturated carbocycles. The normalized spacial score (nSPS) is 17.4. The van der Waals surface area contributed by atoms with Crippen LogP contribution in [0.1, 0.15) is 49.4 Å². The predicted octanol–water partition coefficient (Wildman–Crippen LogP) is 2.93. The average molecular weight is 351 g/mol. The van der Waals surface area contributed by atoms with Crippen molar-refractivity contribution in [1.82, 2.24) is 5.32 Å². The first-order valence-corrected chi connectivity index (χ1v) is 8.17. The van der Waals surface area contributed by atoms with E-state index in [2.05, 4.69) is 11.4 Å². The first kappa shape index (κ1) is 18.1. The van der Waals surface area contributed by atoms with Crippen LogP contribution in [0.15, 0.2) is 18.2 Å². The molecule has 24 heavy (non-hydrogen) atoms. The maximum atomic E-state index is 12.3. The maximum absolute atomic E-state index is 12.3. The standard InChI is InChI=1S/C17H19ClN2O4/c1-11(15(22)20-17(10-19)7-3-2-4-8-17)24-16(23)13-9-12(18)5-6-14(13)21/h5-6,9,11,21H,2-4,7-8H2,1H3,(H,20,22)/t11-/m1/s1. The minimum atomic E-state index is -1.09. The number of hydrogen-bond donors (Lipinski definition) is 2. The average Bonchev–Trinajstić information content (AvgIpc) is 2.57. The zero-order chi connectivity index (χ0) is 17.7. The van der Waals surface area contributed by atoms with Crippen molar-refractivity contribution < 1.29 is 19.4 Å². The predicted molar refractivity (Wildman–Crippen MR) is 87.6 cm³/mol. The van der Waals surface area contributed by atoms with E-state index in [1.165, 1.54) is 25.1 Å². The molecule has 0 aliphatic heterocycles. The Labute approximate surface area is 145 Å². The number of carbonyl (C=O) groups excluding carboxylic acids is 2. The second-order valence-electron chi connectivity index (χ2n) is 5.95. The van der Waals surface area contributed by atoms with Gasteiger partial charge in [-0.05, 0) is 38.0 Å². The van der Waals surface area contributed by atoms with Crippen LogP contribution in [0.2, 0.25) is 5.02 Å². The van der Waals surface area contributed by atoms with Crippen molar-refractivity contribution in [2.75, 3.05) is 0 Å². The fourth-order valence-electron chi connectivity index (χ4n) is 2.71. The molecule has 128 valence electrons. The van der Waals surface area contributed by atoms with Gasteiger partial charge in [-0.3, -0.25) is 4.79 Å². The lowest BCUT2D eigenvalue weighted by Crippen LogP contribution is -2.52. The number of halogens is 1. The topological polar surface area (TPSA) is 99.4 Å². The summed E-state index contributed by atoms with van der Waals surface area (Å²) < 4.78 is 5.09. The minimum Gasteiger partial charge on any atom is -0.507 e. The van der Waals surface area contributed by atoms with Gasteiger partial charge >= 0.3 is 5.97 Å². The number of carbonyl (C=O) groups is 2. The highest BCUT2D eigenvalue weighted by molar-refractivity contribution is 6.31. The molecule has 0 saturated heterocycles. The Hall–Kier alpha value is -2.26. The molecular weight excluding hydrogens is 332 g/mol. The highest BCUT2D eigenvalue weighted by Crippen LogP contribution is 2.28. The Kier molecular flexibility index (Phi) is 5.68. The van der Waals surface area contributed by atoms with Gasteiger partial charge in [-0.15, -0.1) is 0 Å². The molecule has 0 unspecified atom stereocenters. The van der Waals surface area contributed by atoms with Crippen LogP contribution in [-0.2, 0) is 9.53 Å². The lowest BCUT2D eigenvalue weighted by atomic mass is 9.83. The summed E-state index contributed by atoms with van der Waals surface area (Å²) in [5.74, 6) is -1.67. The van der Waals surface area contributed by atoms with Crippen LogP contribution in [0.3, 0.4) is 0 Å². The third-order valence-corrected chi connectivity index (χ3v) is 4.35. The first-order chi connectivity index (χ1) is 11.4. The van der Waals surface area contributed by atoms with Crippen LogP contribution in [0.25, 0.3) is 0 Å². The van der Waals surface area contributed by atoms with E-state index >= 15 is 0 Å². The monoisotopic (exact) mass is 350 g/mol. The molecule has 0 spiro atoms. The molecule has 0 aromatic heterocycles. The lowest BCUT2D eigenvalue weighted by molar-refractivity contribution is -0.130. The van der Waals surface area contributed by atoms with Crippen LogP contribution < -0.4 is 5.32 Å². The number of ether oxygens (including phenoxy) is 1. The first-order valence-electron chi connectivity index (χ1n) is 7.80. The summed E-state index contributed by atoms with van der Waals surface area (Å²) in [6.07, 6.45) is 2.87. The molecule has 1 atom stereocenters. The fraction of sp³-hybridized carbons (Fsp3) is 0.471. The van der Waals surface area contributed by atoms with E-state index in [1.807, 2.05) is 0 Å². The minimum absolute atomic E-state index is 0.116. The Morgan fingerprint density at radius 1 is 1.38 bits per heavy atom. The van der Waals surface area contributed by atoms with Gasteiger partial charge in [-0.1, -0.05) is 30.9 Å². The summed E-state index contributed by atoms with van der Waals surface area (Å²) >= 11 is 5.79. The second-order valence-corrected chi connectivity index (χ2v) is 6.39. The van der Waals surface area contributed by atoms with Gasteiger partial charge < -0.3 is 15.2 Å². The van der Waals surface area contributed by atoms with Crippen LogP contribution in [0.4, 0.5) is 0 Å². The number of hydrogen-bond acceptors (Lipinski definition) is 5. The summed E-state index contributed by atoms with van der Waals surface area (Å²) in [5.41, 5.74) is -1.01. The second kappa shape index (κ2) is 7.54. The van der Waals surface area contributed by atoms with Gasteiger partial charge in [0, 0.05) is 5.02 Å². The largest absolute Gasteiger partial charge is 0.507 e. The number of esters is 1. The lowest BCUT2D eigenvalue weighted by Gasteiger charge is -2.32. The smallest absolute Gasteiger partial charge is 0.342 e. The molecule has 6 nitrogen and oxygen atoms in total. The number of phenolic OH excluding ortho intramolecular Hbond substituents is 1. The van der Waals surface area contributed by atoms with Crippen LogP contribution >= 0.6 is 11.6 Å². The Balaban J connectivity index is 2.02. The molecule has 1 aliphatic rings. The van der Waals surface area contributed by atoms with Crippen molar-refractivity contribution in [2.24, 2.45) is 0 Å². The molecule has 1 amide bonds. The van der Waals surface area contributed by atoms with E-state index in [0.717, 1.165) is 19.3 Å². The van der Waals surface area contributed by atoms with Gasteiger partial charge in [0.25, 0.3) is 5.91 Å². The molecule has 0 radical (unpaired) electrons. The number of amides is 1. The number of nitrogens with zero attached hydrogens (tertiary/aromatic N) is 1. The van der Waals surface area contributed by atoms with Crippen molar-refractivity contribution in [2.45, 2.75) is 50.7 Å².